The lowest BCUT2D eigenvalue weighted by Crippen LogP contribution is -2.45. The molecule has 2 heterocycles. The van der Waals surface area contributed by atoms with Crippen LogP contribution < -0.4 is 10.2 Å². The second-order valence-corrected chi connectivity index (χ2v) is 8.18. The van der Waals surface area contributed by atoms with Crippen LogP contribution in [0.5, 0.6) is 0 Å². The first-order chi connectivity index (χ1) is 12.9. The molecule has 2 aromatic rings. The van der Waals surface area contributed by atoms with Crippen LogP contribution in [-0.4, -0.2) is 23.6 Å². The number of aromatic nitrogens is 1. The molecule has 4 nitrogen and oxygen atoms in total. The molecule has 27 heavy (non-hydrogen) atoms. The van der Waals surface area contributed by atoms with Crippen molar-refractivity contribution in [3.05, 3.63) is 58.4 Å². The van der Waals surface area contributed by atoms with E-state index >= 15 is 0 Å². The van der Waals surface area contributed by atoms with Gasteiger partial charge in [0.1, 0.15) is 6.17 Å². The standard InChI is InChI=1S/C22H28ClN3O/c1-14(2)16-7-5-8-17(15(3)4)21(16)22(27)25-20-9-6-12-26(20)19-13-24-11-10-18(19)23/h5,7-8,10-11,13-15,20H,6,9,12H2,1-4H3,(H,25,27). The first-order valence-electron chi connectivity index (χ1n) is 9.70. The lowest BCUT2D eigenvalue weighted by molar-refractivity contribution is 0.0935. The van der Waals surface area contributed by atoms with Crippen LogP contribution in [0.3, 0.4) is 0 Å². The third-order valence-electron chi connectivity index (χ3n) is 5.21. The molecule has 0 spiro atoms. The van der Waals surface area contributed by atoms with Crippen molar-refractivity contribution in [2.24, 2.45) is 0 Å². The Bertz CT molecular complexity index is 793. The van der Waals surface area contributed by atoms with E-state index in [1.807, 2.05) is 0 Å². The summed E-state index contributed by atoms with van der Waals surface area (Å²) in [5.74, 6) is 0.578. The monoisotopic (exact) mass is 385 g/mol. The van der Waals surface area contributed by atoms with Crippen molar-refractivity contribution in [1.29, 1.82) is 0 Å². The van der Waals surface area contributed by atoms with Gasteiger partial charge in [0.05, 0.1) is 16.9 Å². The minimum absolute atomic E-state index is 0.0000808. The lowest BCUT2D eigenvalue weighted by atomic mass is 9.88. The van der Waals surface area contributed by atoms with Gasteiger partial charge in [-0.2, -0.15) is 0 Å². The van der Waals surface area contributed by atoms with Crippen LogP contribution in [-0.2, 0) is 0 Å². The molecule has 0 radical (unpaired) electrons. The van der Waals surface area contributed by atoms with E-state index in [4.69, 9.17) is 11.6 Å². The van der Waals surface area contributed by atoms with Crippen LogP contribution in [0.25, 0.3) is 0 Å². The quantitative estimate of drug-likeness (QED) is 0.755. The third kappa shape index (κ3) is 4.11. The van der Waals surface area contributed by atoms with Crippen molar-refractivity contribution >= 4 is 23.2 Å². The molecule has 1 aliphatic rings. The summed E-state index contributed by atoms with van der Waals surface area (Å²) in [5.41, 5.74) is 3.90. The van der Waals surface area contributed by atoms with Crippen LogP contribution in [0.15, 0.2) is 36.7 Å². The van der Waals surface area contributed by atoms with Crippen LogP contribution in [0.4, 0.5) is 5.69 Å². The van der Waals surface area contributed by atoms with Gasteiger partial charge in [-0.15, -0.1) is 0 Å². The zero-order valence-electron chi connectivity index (χ0n) is 16.5. The minimum atomic E-state index is -0.0700. The smallest absolute Gasteiger partial charge is 0.253 e. The molecule has 1 aromatic carbocycles. The van der Waals surface area contributed by atoms with Crippen LogP contribution in [0.1, 0.15) is 73.9 Å². The average molecular weight is 386 g/mol. The second kappa shape index (κ2) is 8.30. The molecule has 5 heteroatoms. The Morgan fingerprint density at radius 1 is 1.19 bits per heavy atom. The highest BCUT2D eigenvalue weighted by atomic mass is 35.5. The van der Waals surface area contributed by atoms with Crippen molar-refractivity contribution in [2.75, 3.05) is 11.4 Å². The van der Waals surface area contributed by atoms with Gasteiger partial charge in [-0.1, -0.05) is 57.5 Å². The van der Waals surface area contributed by atoms with E-state index in [-0.39, 0.29) is 23.9 Å². The summed E-state index contributed by atoms with van der Waals surface area (Å²) in [7, 11) is 0. The summed E-state index contributed by atoms with van der Waals surface area (Å²) in [6.07, 6.45) is 5.30. The minimum Gasteiger partial charge on any atom is -0.349 e. The highest BCUT2D eigenvalue weighted by Crippen LogP contribution is 2.31. The van der Waals surface area contributed by atoms with E-state index in [1.165, 1.54) is 0 Å². The molecule has 1 aliphatic heterocycles. The number of hydrogen-bond acceptors (Lipinski definition) is 3. The van der Waals surface area contributed by atoms with Gasteiger partial charge in [-0.25, -0.2) is 0 Å². The fourth-order valence-electron chi connectivity index (χ4n) is 3.82. The van der Waals surface area contributed by atoms with Gasteiger partial charge in [0.2, 0.25) is 0 Å². The van der Waals surface area contributed by atoms with Gasteiger partial charge in [0.25, 0.3) is 5.91 Å². The van der Waals surface area contributed by atoms with Crippen molar-refractivity contribution in [1.82, 2.24) is 10.3 Å². The van der Waals surface area contributed by atoms with E-state index < -0.39 is 0 Å². The molecule has 1 atom stereocenters. The predicted octanol–water partition coefficient (Wildman–Crippen LogP) is 5.34. The highest BCUT2D eigenvalue weighted by molar-refractivity contribution is 6.33. The summed E-state index contributed by atoms with van der Waals surface area (Å²) >= 11 is 6.36. The molecule has 0 saturated carbocycles. The number of nitrogens with one attached hydrogen (secondary N) is 1. The van der Waals surface area contributed by atoms with Crippen molar-refractivity contribution in [2.45, 2.75) is 58.5 Å². The van der Waals surface area contributed by atoms with Crippen LogP contribution >= 0.6 is 11.6 Å². The molecule has 1 fully saturated rings. The Balaban J connectivity index is 1.90. The number of rotatable bonds is 5. The number of halogens is 1. The first kappa shape index (κ1) is 19.7. The molecule has 1 amide bonds. The first-order valence-corrected chi connectivity index (χ1v) is 10.1. The van der Waals surface area contributed by atoms with E-state index in [1.54, 1.807) is 18.5 Å². The SMILES string of the molecule is CC(C)c1cccc(C(C)C)c1C(=O)NC1CCCN1c1cnccc1Cl. The summed E-state index contributed by atoms with van der Waals surface area (Å²) in [6.45, 7) is 9.39. The van der Waals surface area contributed by atoms with E-state index in [0.29, 0.717) is 5.02 Å². The van der Waals surface area contributed by atoms with E-state index in [2.05, 4.69) is 61.1 Å². The van der Waals surface area contributed by atoms with Gasteiger partial charge in [0.15, 0.2) is 0 Å². The normalized spacial score (nSPS) is 17.0. The van der Waals surface area contributed by atoms with E-state index in [9.17, 15) is 4.79 Å². The Hall–Kier alpha value is -2.07. The number of nitrogens with zero attached hydrogens (tertiary/aromatic N) is 2. The number of carbonyl (C=O) groups excluding carboxylic acids is 1. The molecular weight excluding hydrogens is 358 g/mol. The van der Waals surface area contributed by atoms with Gasteiger partial charge < -0.3 is 10.2 Å². The van der Waals surface area contributed by atoms with Crippen LogP contribution in [0, 0.1) is 0 Å². The molecule has 1 aromatic heterocycles. The largest absolute Gasteiger partial charge is 0.349 e. The fraction of sp³-hybridized carbons (Fsp3) is 0.455. The molecule has 0 aliphatic carbocycles. The zero-order valence-corrected chi connectivity index (χ0v) is 17.3. The molecule has 1 saturated heterocycles. The highest BCUT2D eigenvalue weighted by Gasteiger charge is 2.29. The number of hydrogen-bond donors (Lipinski definition) is 1. The summed E-state index contributed by atoms with van der Waals surface area (Å²) in [6, 6.07) is 7.98. The number of pyridine rings is 1. The zero-order chi connectivity index (χ0) is 19.6. The number of carbonyl (C=O) groups is 1. The molecule has 0 bridgehead atoms. The Morgan fingerprint density at radius 3 is 2.44 bits per heavy atom. The third-order valence-corrected chi connectivity index (χ3v) is 5.53. The Labute approximate surface area is 166 Å². The van der Waals surface area contributed by atoms with Crippen LogP contribution in [0.2, 0.25) is 5.02 Å². The van der Waals surface area contributed by atoms with Crippen molar-refractivity contribution in [3.63, 3.8) is 0 Å². The van der Waals surface area contributed by atoms with Crippen molar-refractivity contribution < 1.29 is 4.79 Å². The number of amides is 1. The molecule has 3 rings (SSSR count). The molecular formula is C22H28ClN3O. The maximum absolute atomic E-state index is 13.3. The second-order valence-electron chi connectivity index (χ2n) is 7.77. The number of benzene rings is 1. The fourth-order valence-corrected chi connectivity index (χ4v) is 4.04. The average Bonchev–Trinajstić information content (AvgIpc) is 3.09. The molecule has 1 unspecified atom stereocenters. The van der Waals surface area contributed by atoms with Gasteiger partial charge in [0, 0.05) is 18.3 Å². The Morgan fingerprint density at radius 2 is 1.85 bits per heavy atom. The summed E-state index contributed by atoms with van der Waals surface area (Å²) < 4.78 is 0. The van der Waals surface area contributed by atoms with Gasteiger partial charge >= 0.3 is 0 Å². The molecule has 1 N–H and O–H groups in total. The van der Waals surface area contributed by atoms with E-state index in [0.717, 1.165) is 41.8 Å². The van der Waals surface area contributed by atoms with Gasteiger partial charge in [-0.05, 0) is 41.9 Å². The maximum Gasteiger partial charge on any atom is 0.253 e. The van der Waals surface area contributed by atoms with Gasteiger partial charge in [-0.3, -0.25) is 9.78 Å². The number of anilines is 1. The lowest BCUT2D eigenvalue weighted by Gasteiger charge is -2.29. The predicted molar refractivity (Wildman–Crippen MR) is 112 cm³/mol. The summed E-state index contributed by atoms with van der Waals surface area (Å²) in [5, 5.41) is 3.93. The molecule has 144 valence electrons. The maximum atomic E-state index is 13.3. The topological polar surface area (TPSA) is 45.2 Å². The van der Waals surface area contributed by atoms with Crippen molar-refractivity contribution in [3.8, 4) is 0 Å². The Kier molecular flexibility index (Phi) is 6.05. The summed E-state index contributed by atoms with van der Waals surface area (Å²) in [4.78, 5) is 19.7.